The summed E-state index contributed by atoms with van der Waals surface area (Å²) in [5.41, 5.74) is 6.56. The minimum Gasteiger partial charge on any atom is -0.381 e. The highest BCUT2D eigenvalue weighted by Crippen LogP contribution is 2.38. The summed E-state index contributed by atoms with van der Waals surface area (Å²) >= 11 is 0. The normalized spacial score (nSPS) is 18.1. The first-order chi connectivity index (χ1) is 9.03. The molecule has 1 aliphatic heterocycles. The van der Waals surface area contributed by atoms with Crippen LogP contribution in [0.2, 0.25) is 0 Å². The molecule has 1 aliphatic rings. The highest BCUT2D eigenvalue weighted by molar-refractivity contribution is 5.88. The van der Waals surface area contributed by atoms with E-state index in [0.717, 1.165) is 5.56 Å². The van der Waals surface area contributed by atoms with Crippen LogP contribution in [0.15, 0.2) is 12.1 Å². The Morgan fingerprint density at radius 3 is 2.42 bits per heavy atom. The van der Waals surface area contributed by atoms with Gasteiger partial charge in [-0.25, -0.2) is 5.84 Å². The van der Waals surface area contributed by atoms with E-state index in [2.05, 4.69) is 38.3 Å². The zero-order valence-electron chi connectivity index (χ0n) is 11.9. The van der Waals surface area contributed by atoms with Crippen LogP contribution in [0, 0.1) is 20.8 Å². The molecule has 2 rings (SSSR count). The van der Waals surface area contributed by atoms with Crippen LogP contribution < -0.4 is 11.3 Å². The quantitative estimate of drug-likeness (QED) is 0.484. The smallest absolute Gasteiger partial charge is 0.244 e. The second kappa shape index (κ2) is 5.31. The van der Waals surface area contributed by atoms with Gasteiger partial charge in [-0.3, -0.25) is 10.2 Å². The van der Waals surface area contributed by atoms with Gasteiger partial charge >= 0.3 is 0 Å². The molecule has 3 N–H and O–H groups in total. The van der Waals surface area contributed by atoms with Gasteiger partial charge in [-0.1, -0.05) is 12.1 Å². The Balaban J connectivity index is 2.56. The lowest BCUT2D eigenvalue weighted by atomic mass is 9.71. The molecule has 19 heavy (non-hydrogen) atoms. The first-order valence-corrected chi connectivity index (χ1v) is 6.69. The number of carbonyl (C=O) groups excluding carboxylic acids is 1. The molecule has 1 heterocycles. The summed E-state index contributed by atoms with van der Waals surface area (Å²) in [6, 6.07) is 4.15. The number of carbonyl (C=O) groups is 1. The lowest BCUT2D eigenvalue weighted by Crippen LogP contribution is -2.50. The number of nitrogens with one attached hydrogen (secondary N) is 1. The van der Waals surface area contributed by atoms with Gasteiger partial charge in [-0.05, 0) is 55.9 Å². The average Bonchev–Trinajstić information content (AvgIpc) is 2.44. The van der Waals surface area contributed by atoms with Crippen LogP contribution in [0.5, 0.6) is 0 Å². The maximum atomic E-state index is 12.3. The van der Waals surface area contributed by atoms with Crippen molar-refractivity contribution in [2.75, 3.05) is 13.2 Å². The van der Waals surface area contributed by atoms with E-state index in [1.807, 2.05) is 0 Å². The molecule has 0 aromatic heterocycles. The number of rotatable bonds is 2. The fourth-order valence-corrected chi connectivity index (χ4v) is 2.95. The zero-order valence-corrected chi connectivity index (χ0v) is 11.9. The fourth-order valence-electron chi connectivity index (χ4n) is 2.95. The van der Waals surface area contributed by atoms with Crippen molar-refractivity contribution < 1.29 is 9.53 Å². The Hall–Kier alpha value is -1.39. The second-order valence-electron chi connectivity index (χ2n) is 5.35. The topological polar surface area (TPSA) is 64.4 Å². The summed E-state index contributed by atoms with van der Waals surface area (Å²) < 4.78 is 5.41. The Bertz CT molecular complexity index is 491. The standard InChI is InChI=1S/C15H22N2O2/c1-10-4-5-13(12(3)11(10)2)15(14(18)17-16)6-8-19-9-7-15/h4-5H,6-9,16H2,1-3H3,(H,17,18). The highest BCUT2D eigenvalue weighted by atomic mass is 16.5. The largest absolute Gasteiger partial charge is 0.381 e. The lowest BCUT2D eigenvalue weighted by Gasteiger charge is -2.37. The number of hydrazine groups is 1. The predicted molar refractivity (Wildman–Crippen MR) is 74.7 cm³/mol. The van der Waals surface area contributed by atoms with Crippen molar-refractivity contribution in [2.24, 2.45) is 5.84 Å². The van der Waals surface area contributed by atoms with Gasteiger partial charge in [0.1, 0.15) is 0 Å². The summed E-state index contributed by atoms with van der Waals surface area (Å²) in [6.45, 7) is 7.46. The molecule has 0 saturated carbocycles. The van der Waals surface area contributed by atoms with Gasteiger partial charge in [0.2, 0.25) is 5.91 Å². The van der Waals surface area contributed by atoms with E-state index in [9.17, 15) is 4.79 Å². The van der Waals surface area contributed by atoms with Crippen LogP contribution in [0.25, 0.3) is 0 Å². The second-order valence-corrected chi connectivity index (χ2v) is 5.35. The van der Waals surface area contributed by atoms with E-state index >= 15 is 0 Å². The van der Waals surface area contributed by atoms with Crippen molar-refractivity contribution in [1.29, 1.82) is 0 Å². The first-order valence-electron chi connectivity index (χ1n) is 6.69. The Kier molecular flexibility index (Phi) is 3.92. The van der Waals surface area contributed by atoms with Crippen molar-refractivity contribution in [3.8, 4) is 0 Å². The molecular weight excluding hydrogens is 240 g/mol. The molecule has 0 unspecified atom stereocenters. The Morgan fingerprint density at radius 2 is 1.84 bits per heavy atom. The number of ether oxygens (including phenoxy) is 1. The predicted octanol–water partition coefficient (Wildman–Crippen LogP) is 1.65. The van der Waals surface area contributed by atoms with Gasteiger partial charge in [0.05, 0.1) is 5.41 Å². The number of amides is 1. The first kappa shape index (κ1) is 14.0. The van der Waals surface area contributed by atoms with Crippen molar-refractivity contribution in [1.82, 2.24) is 5.43 Å². The third-order valence-electron chi connectivity index (χ3n) is 4.49. The molecule has 1 fully saturated rings. The number of hydrogen-bond donors (Lipinski definition) is 2. The molecule has 1 saturated heterocycles. The number of aryl methyl sites for hydroxylation is 1. The summed E-state index contributed by atoms with van der Waals surface area (Å²) in [5, 5.41) is 0. The zero-order chi connectivity index (χ0) is 14.0. The maximum Gasteiger partial charge on any atom is 0.244 e. The SMILES string of the molecule is Cc1ccc(C2(C(=O)NN)CCOCC2)c(C)c1C. The van der Waals surface area contributed by atoms with Gasteiger partial charge in [0.15, 0.2) is 0 Å². The van der Waals surface area contributed by atoms with E-state index in [1.54, 1.807) is 0 Å². The van der Waals surface area contributed by atoms with Crippen molar-refractivity contribution in [3.63, 3.8) is 0 Å². The summed E-state index contributed by atoms with van der Waals surface area (Å²) in [5.74, 6) is 5.29. The van der Waals surface area contributed by atoms with Crippen molar-refractivity contribution in [2.45, 2.75) is 39.0 Å². The van der Waals surface area contributed by atoms with Gasteiger partial charge in [-0.15, -0.1) is 0 Å². The van der Waals surface area contributed by atoms with E-state index < -0.39 is 5.41 Å². The van der Waals surface area contributed by atoms with Crippen LogP contribution >= 0.6 is 0 Å². The molecule has 0 spiro atoms. The van der Waals surface area contributed by atoms with Crippen LogP contribution in [0.3, 0.4) is 0 Å². The van der Waals surface area contributed by atoms with Gasteiger partial charge < -0.3 is 4.74 Å². The number of hydrogen-bond acceptors (Lipinski definition) is 3. The summed E-state index contributed by atoms with van der Waals surface area (Å²) in [6.07, 6.45) is 1.36. The third kappa shape index (κ3) is 2.26. The van der Waals surface area contributed by atoms with Crippen LogP contribution in [0.1, 0.15) is 35.1 Å². The van der Waals surface area contributed by atoms with Gasteiger partial charge in [0.25, 0.3) is 0 Å². The number of nitrogens with two attached hydrogens (primary N) is 1. The third-order valence-corrected chi connectivity index (χ3v) is 4.49. The Labute approximate surface area is 114 Å². The molecule has 0 atom stereocenters. The molecule has 1 aromatic carbocycles. The summed E-state index contributed by atoms with van der Waals surface area (Å²) in [4.78, 5) is 12.3. The van der Waals surface area contributed by atoms with E-state index in [0.29, 0.717) is 26.1 Å². The molecule has 104 valence electrons. The van der Waals surface area contributed by atoms with Gasteiger partial charge in [-0.2, -0.15) is 0 Å². The minimum absolute atomic E-state index is 0.109. The fraction of sp³-hybridized carbons (Fsp3) is 0.533. The van der Waals surface area contributed by atoms with Gasteiger partial charge in [0, 0.05) is 13.2 Å². The molecule has 0 radical (unpaired) electrons. The highest BCUT2D eigenvalue weighted by Gasteiger charge is 2.42. The molecule has 0 bridgehead atoms. The van der Waals surface area contributed by atoms with Crippen molar-refractivity contribution in [3.05, 3.63) is 34.4 Å². The van der Waals surface area contributed by atoms with Crippen LogP contribution in [0.4, 0.5) is 0 Å². The average molecular weight is 262 g/mol. The van der Waals surface area contributed by atoms with E-state index in [1.165, 1.54) is 16.7 Å². The maximum absolute atomic E-state index is 12.3. The van der Waals surface area contributed by atoms with Crippen molar-refractivity contribution >= 4 is 5.91 Å². The number of benzene rings is 1. The Morgan fingerprint density at radius 1 is 1.21 bits per heavy atom. The monoisotopic (exact) mass is 262 g/mol. The summed E-state index contributed by atoms with van der Waals surface area (Å²) in [7, 11) is 0. The molecular formula is C15H22N2O2. The van der Waals surface area contributed by atoms with Crippen LogP contribution in [-0.4, -0.2) is 19.1 Å². The molecule has 1 amide bonds. The molecule has 0 aliphatic carbocycles. The minimum atomic E-state index is -0.546. The molecule has 1 aromatic rings. The molecule has 4 nitrogen and oxygen atoms in total. The van der Waals surface area contributed by atoms with E-state index in [4.69, 9.17) is 10.6 Å². The molecule has 4 heteroatoms. The van der Waals surface area contributed by atoms with Crippen LogP contribution in [-0.2, 0) is 14.9 Å². The van der Waals surface area contributed by atoms with E-state index in [-0.39, 0.29) is 5.91 Å². The lowest BCUT2D eigenvalue weighted by molar-refractivity contribution is -0.130.